The highest BCUT2D eigenvalue weighted by atomic mass is 35.5. The Morgan fingerprint density at radius 1 is 1.27 bits per heavy atom. The van der Waals surface area contributed by atoms with Gasteiger partial charge in [0.05, 0.1) is 12.7 Å². The van der Waals surface area contributed by atoms with E-state index in [1.54, 1.807) is 23.2 Å². The maximum Gasteiger partial charge on any atom is 0.272 e. The van der Waals surface area contributed by atoms with Crippen molar-refractivity contribution in [1.82, 2.24) is 9.88 Å². The summed E-state index contributed by atoms with van der Waals surface area (Å²) >= 11 is 6.19. The fourth-order valence-electron chi connectivity index (χ4n) is 2.59. The molecule has 0 saturated carbocycles. The maximum absolute atomic E-state index is 12.4. The Balaban J connectivity index is 1.67. The average Bonchev–Trinajstić information content (AvgIpc) is 2.57. The third-order valence-electron chi connectivity index (χ3n) is 3.72. The van der Waals surface area contributed by atoms with Crippen molar-refractivity contribution in [2.75, 3.05) is 19.7 Å². The summed E-state index contributed by atoms with van der Waals surface area (Å²) in [6, 6.07) is 13.1. The van der Waals surface area contributed by atoms with Crippen LogP contribution >= 0.6 is 11.6 Å². The van der Waals surface area contributed by atoms with Gasteiger partial charge in [0.25, 0.3) is 5.91 Å². The molecule has 1 aromatic carbocycles. The number of rotatable bonds is 3. The predicted octanol–water partition coefficient (Wildman–Crippen LogP) is 2.82. The van der Waals surface area contributed by atoms with E-state index in [9.17, 15) is 4.79 Å². The van der Waals surface area contributed by atoms with Crippen molar-refractivity contribution in [1.29, 1.82) is 0 Å². The molecule has 22 heavy (non-hydrogen) atoms. The van der Waals surface area contributed by atoms with Crippen LogP contribution in [0, 0.1) is 0 Å². The molecule has 1 aliphatic heterocycles. The Kier molecular flexibility index (Phi) is 4.71. The fraction of sp³-hybridized carbons (Fsp3) is 0.294. The van der Waals surface area contributed by atoms with Gasteiger partial charge in [0.1, 0.15) is 5.69 Å². The standard InChI is InChI=1S/C17H17ClN2O2/c18-15-6-2-1-5-13(15)11-14-12-20(9-10-22-14)17(21)16-7-3-4-8-19-16/h1-8,14H,9-12H2. The van der Waals surface area contributed by atoms with Crippen LogP contribution in [0.1, 0.15) is 16.1 Å². The molecule has 2 aromatic rings. The molecule has 1 aromatic heterocycles. The average molecular weight is 317 g/mol. The normalized spacial score (nSPS) is 18.2. The van der Waals surface area contributed by atoms with E-state index in [1.165, 1.54) is 0 Å². The van der Waals surface area contributed by atoms with Crippen molar-refractivity contribution in [3.05, 3.63) is 64.9 Å². The molecule has 4 nitrogen and oxygen atoms in total. The van der Waals surface area contributed by atoms with Gasteiger partial charge in [-0.2, -0.15) is 0 Å². The Hall–Kier alpha value is -1.91. The number of nitrogens with zero attached hydrogens (tertiary/aromatic N) is 2. The van der Waals surface area contributed by atoms with Crippen LogP contribution in [0.15, 0.2) is 48.7 Å². The summed E-state index contributed by atoms with van der Waals surface area (Å²) in [6.07, 6.45) is 2.29. The lowest BCUT2D eigenvalue weighted by atomic mass is 10.1. The molecule has 2 heterocycles. The highest BCUT2D eigenvalue weighted by molar-refractivity contribution is 6.31. The first-order chi connectivity index (χ1) is 10.7. The van der Waals surface area contributed by atoms with E-state index < -0.39 is 0 Å². The van der Waals surface area contributed by atoms with Crippen molar-refractivity contribution in [3.8, 4) is 0 Å². The SMILES string of the molecule is O=C(c1ccccn1)N1CCOC(Cc2ccccc2Cl)C1. The van der Waals surface area contributed by atoms with Gasteiger partial charge in [-0.1, -0.05) is 35.9 Å². The summed E-state index contributed by atoms with van der Waals surface area (Å²) in [5.74, 6) is -0.0481. The number of pyridine rings is 1. The molecule has 0 spiro atoms. The zero-order chi connectivity index (χ0) is 15.4. The zero-order valence-corrected chi connectivity index (χ0v) is 12.9. The van der Waals surface area contributed by atoms with Crippen LogP contribution in [0.5, 0.6) is 0 Å². The van der Waals surface area contributed by atoms with E-state index >= 15 is 0 Å². The van der Waals surface area contributed by atoms with Gasteiger partial charge in [-0.05, 0) is 23.8 Å². The van der Waals surface area contributed by atoms with Crippen LogP contribution in [0.2, 0.25) is 5.02 Å². The Bertz CT molecular complexity index is 648. The van der Waals surface area contributed by atoms with Gasteiger partial charge < -0.3 is 9.64 Å². The van der Waals surface area contributed by atoms with E-state index in [2.05, 4.69) is 4.98 Å². The van der Waals surface area contributed by atoms with E-state index in [0.717, 1.165) is 10.6 Å². The van der Waals surface area contributed by atoms with E-state index in [-0.39, 0.29) is 12.0 Å². The third kappa shape index (κ3) is 3.46. The van der Waals surface area contributed by atoms with Crippen LogP contribution in [-0.4, -0.2) is 41.6 Å². The molecular formula is C17H17ClN2O2. The molecule has 0 N–H and O–H groups in total. The van der Waals surface area contributed by atoms with Gasteiger partial charge >= 0.3 is 0 Å². The van der Waals surface area contributed by atoms with E-state index in [0.29, 0.717) is 31.8 Å². The molecule has 0 radical (unpaired) electrons. The van der Waals surface area contributed by atoms with Gasteiger partial charge in [0.2, 0.25) is 0 Å². The van der Waals surface area contributed by atoms with Crippen LogP contribution in [0.4, 0.5) is 0 Å². The summed E-state index contributed by atoms with van der Waals surface area (Å²) in [5.41, 5.74) is 1.52. The van der Waals surface area contributed by atoms with Gasteiger partial charge in [0, 0.05) is 30.7 Å². The van der Waals surface area contributed by atoms with Gasteiger partial charge in [-0.15, -0.1) is 0 Å². The van der Waals surface area contributed by atoms with Crippen LogP contribution in [0.25, 0.3) is 0 Å². The molecule has 1 unspecified atom stereocenters. The molecule has 114 valence electrons. The largest absolute Gasteiger partial charge is 0.374 e. The fourth-order valence-corrected chi connectivity index (χ4v) is 2.80. The molecule has 1 fully saturated rings. The first kappa shape index (κ1) is 15.0. The summed E-state index contributed by atoms with van der Waals surface area (Å²) in [6.45, 7) is 1.68. The summed E-state index contributed by atoms with van der Waals surface area (Å²) in [7, 11) is 0. The quantitative estimate of drug-likeness (QED) is 0.874. The molecule has 1 atom stereocenters. The first-order valence-electron chi connectivity index (χ1n) is 7.29. The molecule has 1 saturated heterocycles. The van der Waals surface area contributed by atoms with Crippen LogP contribution < -0.4 is 0 Å². The number of hydrogen-bond acceptors (Lipinski definition) is 3. The third-order valence-corrected chi connectivity index (χ3v) is 4.08. The highest BCUT2D eigenvalue weighted by Crippen LogP contribution is 2.20. The van der Waals surface area contributed by atoms with Crippen LogP contribution in [-0.2, 0) is 11.2 Å². The molecule has 1 aliphatic rings. The van der Waals surface area contributed by atoms with E-state index in [1.807, 2.05) is 30.3 Å². The Morgan fingerprint density at radius 2 is 2.09 bits per heavy atom. The van der Waals surface area contributed by atoms with Crippen molar-refractivity contribution >= 4 is 17.5 Å². The maximum atomic E-state index is 12.4. The molecule has 0 aliphatic carbocycles. The predicted molar refractivity (Wildman–Crippen MR) is 85.0 cm³/mol. The molecule has 1 amide bonds. The van der Waals surface area contributed by atoms with Gasteiger partial charge in [-0.25, -0.2) is 0 Å². The van der Waals surface area contributed by atoms with Crippen molar-refractivity contribution in [3.63, 3.8) is 0 Å². The number of ether oxygens (including phenoxy) is 1. The number of morpholine rings is 1. The van der Waals surface area contributed by atoms with Crippen molar-refractivity contribution < 1.29 is 9.53 Å². The van der Waals surface area contributed by atoms with Crippen LogP contribution in [0.3, 0.4) is 0 Å². The van der Waals surface area contributed by atoms with E-state index in [4.69, 9.17) is 16.3 Å². The van der Waals surface area contributed by atoms with Gasteiger partial charge in [0.15, 0.2) is 0 Å². The summed E-state index contributed by atoms with van der Waals surface area (Å²) in [4.78, 5) is 18.4. The zero-order valence-electron chi connectivity index (χ0n) is 12.1. The molecular weight excluding hydrogens is 300 g/mol. The van der Waals surface area contributed by atoms with Crippen molar-refractivity contribution in [2.24, 2.45) is 0 Å². The Morgan fingerprint density at radius 3 is 2.86 bits per heavy atom. The number of hydrogen-bond donors (Lipinski definition) is 0. The number of carbonyl (C=O) groups excluding carboxylic acids is 1. The number of carbonyl (C=O) groups is 1. The number of amides is 1. The minimum Gasteiger partial charge on any atom is -0.374 e. The second-order valence-electron chi connectivity index (χ2n) is 5.25. The Labute approximate surface area is 134 Å². The summed E-state index contributed by atoms with van der Waals surface area (Å²) in [5, 5.41) is 0.735. The lowest BCUT2D eigenvalue weighted by molar-refractivity contribution is -0.0210. The monoisotopic (exact) mass is 316 g/mol. The molecule has 3 rings (SSSR count). The van der Waals surface area contributed by atoms with Gasteiger partial charge in [-0.3, -0.25) is 9.78 Å². The summed E-state index contributed by atoms with van der Waals surface area (Å²) < 4.78 is 5.78. The number of halogens is 1. The second kappa shape index (κ2) is 6.90. The smallest absolute Gasteiger partial charge is 0.272 e. The first-order valence-corrected chi connectivity index (χ1v) is 7.67. The number of benzene rings is 1. The topological polar surface area (TPSA) is 42.4 Å². The number of aromatic nitrogens is 1. The second-order valence-corrected chi connectivity index (χ2v) is 5.66. The highest BCUT2D eigenvalue weighted by Gasteiger charge is 2.26. The minimum atomic E-state index is -0.0481. The van der Waals surface area contributed by atoms with Crippen molar-refractivity contribution in [2.45, 2.75) is 12.5 Å². The molecule has 0 bridgehead atoms. The molecule has 5 heteroatoms. The minimum absolute atomic E-state index is 0.0405. The lowest BCUT2D eigenvalue weighted by Gasteiger charge is -2.33. The lowest BCUT2D eigenvalue weighted by Crippen LogP contribution is -2.46.